The summed E-state index contributed by atoms with van der Waals surface area (Å²) < 4.78 is 26.2. The van der Waals surface area contributed by atoms with Gasteiger partial charge in [0.1, 0.15) is 0 Å². The molecule has 1 N–H and O–H groups in total. The minimum atomic E-state index is -3.64. The van der Waals surface area contributed by atoms with E-state index < -0.39 is 10.0 Å². The van der Waals surface area contributed by atoms with Gasteiger partial charge in [0, 0.05) is 7.05 Å². The smallest absolute Gasteiger partial charge is 0.255 e. The highest BCUT2D eigenvalue weighted by Gasteiger charge is 2.30. The minimum absolute atomic E-state index is 0.0166. The normalized spacial score (nSPS) is 16.5. The Balaban J connectivity index is 1.95. The van der Waals surface area contributed by atoms with Crippen molar-refractivity contribution in [2.75, 3.05) is 14.1 Å². The summed E-state index contributed by atoms with van der Waals surface area (Å²) in [6.07, 6.45) is 1.76. The Morgan fingerprint density at radius 2 is 1.96 bits per heavy atom. The van der Waals surface area contributed by atoms with Crippen LogP contribution in [0, 0.1) is 0 Å². The number of hydrogen-bond acceptors (Lipinski definition) is 3. The Morgan fingerprint density at radius 3 is 2.68 bits per heavy atom. The topological polar surface area (TPSA) is 66.5 Å². The molecule has 1 atom stereocenters. The number of benzene rings is 2. The van der Waals surface area contributed by atoms with Crippen molar-refractivity contribution in [3.8, 4) is 0 Å². The summed E-state index contributed by atoms with van der Waals surface area (Å²) in [6.45, 7) is 0. The molecular weight excluding hydrogens is 360 g/mol. The van der Waals surface area contributed by atoms with E-state index in [1.54, 1.807) is 11.9 Å². The average Bonchev–Trinajstić information content (AvgIpc) is 3.04. The van der Waals surface area contributed by atoms with Crippen molar-refractivity contribution < 1.29 is 13.2 Å². The maximum atomic E-state index is 13.0. The molecule has 0 heterocycles. The Labute approximate surface area is 152 Å². The molecule has 0 saturated carbocycles. The highest BCUT2D eigenvalue weighted by molar-refractivity contribution is 7.89. The van der Waals surface area contributed by atoms with Crippen molar-refractivity contribution in [2.45, 2.75) is 23.8 Å². The first-order valence-corrected chi connectivity index (χ1v) is 9.79. The molecule has 2 aromatic rings. The van der Waals surface area contributed by atoms with Crippen LogP contribution < -0.4 is 4.72 Å². The Morgan fingerprint density at radius 1 is 1.24 bits per heavy atom. The standard InChI is InChI=1S/C18H19ClN2O3S/c1-20-25(23,24)13-8-9-16(19)15(11-13)18(22)21(2)17-10-7-12-5-3-4-6-14(12)17/h3-6,8-9,11,17,20H,7,10H2,1-2H3. The van der Waals surface area contributed by atoms with Gasteiger partial charge in [0.15, 0.2) is 0 Å². The van der Waals surface area contributed by atoms with Crippen molar-refractivity contribution in [3.05, 3.63) is 64.2 Å². The van der Waals surface area contributed by atoms with E-state index in [0.29, 0.717) is 0 Å². The zero-order valence-electron chi connectivity index (χ0n) is 14.0. The van der Waals surface area contributed by atoms with Crippen LogP contribution in [0.5, 0.6) is 0 Å². The zero-order valence-corrected chi connectivity index (χ0v) is 15.6. The van der Waals surface area contributed by atoms with Crippen LogP contribution in [0.15, 0.2) is 47.4 Å². The first-order chi connectivity index (χ1) is 11.8. The lowest BCUT2D eigenvalue weighted by Crippen LogP contribution is -2.30. The number of halogens is 1. The number of aryl methyl sites for hydroxylation is 1. The summed E-state index contributed by atoms with van der Waals surface area (Å²) in [5.74, 6) is -0.292. The summed E-state index contributed by atoms with van der Waals surface area (Å²) in [6, 6.07) is 12.2. The third-order valence-electron chi connectivity index (χ3n) is 4.64. The van der Waals surface area contributed by atoms with Crippen molar-refractivity contribution in [3.63, 3.8) is 0 Å². The number of nitrogens with one attached hydrogen (secondary N) is 1. The van der Waals surface area contributed by atoms with Gasteiger partial charge in [0.2, 0.25) is 10.0 Å². The van der Waals surface area contributed by atoms with Crippen molar-refractivity contribution in [2.24, 2.45) is 0 Å². The molecule has 5 nitrogen and oxygen atoms in total. The van der Waals surface area contributed by atoms with E-state index in [1.165, 1.54) is 30.8 Å². The second-order valence-corrected chi connectivity index (χ2v) is 8.31. The van der Waals surface area contributed by atoms with Gasteiger partial charge in [0.05, 0.1) is 21.5 Å². The molecule has 2 aromatic carbocycles. The molecule has 1 aliphatic rings. The molecular formula is C18H19ClN2O3S. The van der Waals surface area contributed by atoms with Gasteiger partial charge in [-0.05, 0) is 49.2 Å². The Bertz CT molecular complexity index is 928. The molecule has 0 aromatic heterocycles. The second kappa shape index (κ2) is 6.78. The highest BCUT2D eigenvalue weighted by Crippen LogP contribution is 2.36. The van der Waals surface area contributed by atoms with Gasteiger partial charge in [0.25, 0.3) is 5.91 Å². The summed E-state index contributed by atoms with van der Waals surface area (Å²) in [5, 5.41) is 0.234. The third-order valence-corrected chi connectivity index (χ3v) is 6.38. The zero-order chi connectivity index (χ0) is 18.2. The Hall–Kier alpha value is -1.89. The van der Waals surface area contributed by atoms with Crippen LogP contribution in [-0.2, 0) is 16.4 Å². The van der Waals surface area contributed by atoms with Gasteiger partial charge in [-0.3, -0.25) is 4.79 Å². The summed E-state index contributed by atoms with van der Waals surface area (Å²) >= 11 is 6.17. The van der Waals surface area contributed by atoms with Crippen LogP contribution in [0.25, 0.3) is 0 Å². The number of hydrogen-bond donors (Lipinski definition) is 1. The molecule has 0 fully saturated rings. The van der Waals surface area contributed by atoms with E-state index >= 15 is 0 Å². The lowest BCUT2D eigenvalue weighted by atomic mass is 10.1. The van der Waals surface area contributed by atoms with Crippen LogP contribution in [0.2, 0.25) is 5.02 Å². The van der Waals surface area contributed by atoms with E-state index in [1.807, 2.05) is 18.2 Å². The molecule has 132 valence electrons. The quantitative estimate of drug-likeness (QED) is 0.889. The SMILES string of the molecule is CNS(=O)(=O)c1ccc(Cl)c(C(=O)N(C)C2CCc3ccccc32)c1. The van der Waals surface area contributed by atoms with Crippen molar-refractivity contribution >= 4 is 27.5 Å². The van der Waals surface area contributed by atoms with Gasteiger partial charge in [-0.2, -0.15) is 0 Å². The van der Waals surface area contributed by atoms with E-state index in [0.717, 1.165) is 18.4 Å². The first kappa shape index (κ1) is 17.9. The molecule has 0 saturated heterocycles. The number of fused-ring (bicyclic) bond motifs is 1. The predicted molar refractivity (Wildman–Crippen MR) is 97.3 cm³/mol. The van der Waals surface area contributed by atoms with Gasteiger partial charge in [-0.1, -0.05) is 35.9 Å². The summed E-state index contributed by atoms with van der Waals surface area (Å²) in [4.78, 5) is 14.6. The van der Waals surface area contributed by atoms with Crippen LogP contribution in [-0.4, -0.2) is 33.3 Å². The maximum absolute atomic E-state index is 13.0. The predicted octanol–water partition coefficient (Wildman–Crippen LogP) is 3.01. The lowest BCUT2D eigenvalue weighted by molar-refractivity contribution is 0.0730. The summed E-state index contributed by atoms with van der Waals surface area (Å²) in [7, 11) is -0.590. The minimum Gasteiger partial charge on any atom is -0.335 e. The fraction of sp³-hybridized carbons (Fsp3) is 0.278. The first-order valence-electron chi connectivity index (χ1n) is 7.93. The largest absolute Gasteiger partial charge is 0.335 e. The molecule has 7 heteroatoms. The molecule has 0 aliphatic heterocycles. The monoisotopic (exact) mass is 378 g/mol. The number of amides is 1. The summed E-state index contributed by atoms with van der Waals surface area (Å²) in [5.41, 5.74) is 2.56. The fourth-order valence-electron chi connectivity index (χ4n) is 3.22. The second-order valence-electron chi connectivity index (χ2n) is 6.02. The fourth-order valence-corrected chi connectivity index (χ4v) is 4.18. The van der Waals surface area contributed by atoms with Crippen molar-refractivity contribution in [1.29, 1.82) is 0 Å². The molecule has 1 aliphatic carbocycles. The number of rotatable bonds is 4. The molecule has 3 rings (SSSR count). The van der Waals surface area contributed by atoms with Gasteiger partial charge in [-0.25, -0.2) is 13.1 Å². The number of nitrogens with zero attached hydrogens (tertiary/aromatic N) is 1. The van der Waals surface area contributed by atoms with Gasteiger partial charge < -0.3 is 4.90 Å². The molecule has 0 radical (unpaired) electrons. The molecule has 0 spiro atoms. The molecule has 1 unspecified atom stereocenters. The Kier molecular flexibility index (Phi) is 4.86. The lowest BCUT2D eigenvalue weighted by Gasteiger charge is -2.26. The van der Waals surface area contributed by atoms with E-state index in [2.05, 4.69) is 10.8 Å². The van der Waals surface area contributed by atoms with E-state index in [4.69, 9.17) is 11.6 Å². The van der Waals surface area contributed by atoms with E-state index in [-0.39, 0.29) is 27.4 Å². The van der Waals surface area contributed by atoms with Gasteiger partial charge >= 0.3 is 0 Å². The molecule has 25 heavy (non-hydrogen) atoms. The highest BCUT2D eigenvalue weighted by atomic mass is 35.5. The maximum Gasteiger partial charge on any atom is 0.255 e. The van der Waals surface area contributed by atoms with Crippen LogP contribution >= 0.6 is 11.6 Å². The average molecular weight is 379 g/mol. The molecule has 1 amide bonds. The van der Waals surface area contributed by atoms with Crippen molar-refractivity contribution in [1.82, 2.24) is 9.62 Å². The molecule has 0 bridgehead atoms. The number of sulfonamides is 1. The third kappa shape index (κ3) is 3.29. The number of carbonyl (C=O) groups is 1. The van der Waals surface area contributed by atoms with Crippen LogP contribution in [0.1, 0.15) is 33.9 Å². The van der Waals surface area contributed by atoms with Crippen LogP contribution in [0.4, 0.5) is 0 Å². The van der Waals surface area contributed by atoms with E-state index in [9.17, 15) is 13.2 Å². The van der Waals surface area contributed by atoms with Crippen LogP contribution in [0.3, 0.4) is 0 Å². The van der Waals surface area contributed by atoms with Gasteiger partial charge in [-0.15, -0.1) is 0 Å². The number of carbonyl (C=O) groups excluding carboxylic acids is 1.